The minimum atomic E-state index is -1.25. The molecule has 2 rings (SSSR count). The maximum Gasteiger partial charge on any atom is 0.413 e. The summed E-state index contributed by atoms with van der Waals surface area (Å²) in [6, 6.07) is 9.17. The van der Waals surface area contributed by atoms with Crippen LogP contribution in [0.5, 0.6) is 0 Å². The summed E-state index contributed by atoms with van der Waals surface area (Å²) in [6.07, 6.45) is -0.711. The van der Waals surface area contributed by atoms with Gasteiger partial charge >= 0.3 is 12.1 Å². The molecule has 0 aliphatic rings. The molecule has 8 heteroatoms. The van der Waals surface area contributed by atoms with Crippen LogP contribution in [-0.2, 0) is 11.3 Å². The Bertz CT molecular complexity index is 585. The van der Waals surface area contributed by atoms with E-state index in [2.05, 4.69) is 14.7 Å². The van der Waals surface area contributed by atoms with Gasteiger partial charge in [0.25, 0.3) is 5.82 Å². The van der Waals surface area contributed by atoms with Gasteiger partial charge in [-0.15, -0.1) is 0 Å². The number of hydrogen-bond acceptors (Lipinski definition) is 6. The molecule has 0 unspecified atom stereocenters. The molecule has 0 radical (unpaired) electrons. The number of carboxylic acid groups (broad SMARTS) is 1. The summed E-state index contributed by atoms with van der Waals surface area (Å²) in [5, 5.41) is 11.0. The normalized spacial score (nSPS) is 9.89. The predicted octanol–water partition coefficient (Wildman–Crippen LogP) is 1.99. The predicted molar refractivity (Wildman–Crippen MR) is 67.1 cm³/mol. The number of carboxylic acids is 1. The van der Waals surface area contributed by atoms with Gasteiger partial charge < -0.3 is 9.84 Å². The van der Waals surface area contributed by atoms with Crippen molar-refractivity contribution in [2.75, 3.05) is 5.32 Å². The Morgan fingerprint density at radius 3 is 2.68 bits per heavy atom. The summed E-state index contributed by atoms with van der Waals surface area (Å²) in [7, 11) is 0. The van der Waals surface area contributed by atoms with E-state index in [0.717, 1.165) is 17.1 Å². The molecule has 2 N–H and O–H groups in total. The van der Waals surface area contributed by atoms with Crippen molar-refractivity contribution in [3.8, 4) is 0 Å². The summed E-state index contributed by atoms with van der Waals surface area (Å²) >= 11 is 0.774. The SMILES string of the molecule is O=C(Nc1nc(C(=O)O)ns1)OCc1ccccc1. The first kappa shape index (κ1) is 13.0. The van der Waals surface area contributed by atoms with E-state index in [1.165, 1.54) is 0 Å². The van der Waals surface area contributed by atoms with E-state index >= 15 is 0 Å². The van der Waals surface area contributed by atoms with Crippen molar-refractivity contribution in [1.29, 1.82) is 0 Å². The van der Waals surface area contributed by atoms with Gasteiger partial charge in [0.1, 0.15) is 6.61 Å². The minimum Gasteiger partial charge on any atom is -0.475 e. The number of nitrogens with zero attached hydrogens (tertiary/aromatic N) is 2. The van der Waals surface area contributed by atoms with Gasteiger partial charge in [0.2, 0.25) is 5.13 Å². The second-order valence-electron chi connectivity index (χ2n) is 3.42. The summed E-state index contributed by atoms with van der Waals surface area (Å²) in [5.41, 5.74) is 0.848. The van der Waals surface area contributed by atoms with Crippen LogP contribution in [-0.4, -0.2) is 26.5 Å². The average Bonchev–Trinajstić information content (AvgIpc) is 2.86. The molecule has 0 spiro atoms. The Kier molecular flexibility index (Phi) is 4.04. The molecule has 98 valence electrons. The first-order valence-electron chi connectivity index (χ1n) is 5.20. The van der Waals surface area contributed by atoms with Crippen LogP contribution in [0.1, 0.15) is 16.2 Å². The highest BCUT2D eigenvalue weighted by Gasteiger charge is 2.13. The van der Waals surface area contributed by atoms with Crippen LogP contribution >= 0.6 is 11.5 Å². The van der Waals surface area contributed by atoms with E-state index in [1.54, 1.807) is 0 Å². The molecule has 0 atom stereocenters. The number of amides is 1. The Hall–Kier alpha value is -2.48. The van der Waals surface area contributed by atoms with Crippen LogP contribution in [0.25, 0.3) is 0 Å². The number of carbonyl (C=O) groups is 2. The van der Waals surface area contributed by atoms with Crippen molar-refractivity contribution in [3.63, 3.8) is 0 Å². The third-order valence-corrected chi connectivity index (χ3v) is 2.67. The lowest BCUT2D eigenvalue weighted by atomic mass is 10.2. The molecule has 0 saturated carbocycles. The van der Waals surface area contributed by atoms with Crippen LogP contribution in [0.4, 0.5) is 9.93 Å². The highest BCUT2D eigenvalue weighted by molar-refractivity contribution is 7.10. The molecule has 0 saturated heterocycles. The summed E-state index contributed by atoms with van der Waals surface area (Å²) in [5.74, 6) is -1.61. The molecular formula is C11H9N3O4S. The molecule has 1 aromatic heterocycles. The number of anilines is 1. The third-order valence-electron chi connectivity index (χ3n) is 2.04. The minimum absolute atomic E-state index is 0.0791. The lowest BCUT2D eigenvalue weighted by molar-refractivity contribution is 0.0685. The maximum atomic E-state index is 11.4. The van der Waals surface area contributed by atoms with Crippen LogP contribution in [0.3, 0.4) is 0 Å². The summed E-state index contributed by atoms with van der Waals surface area (Å²) < 4.78 is 8.49. The van der Waals surface area contributed by atoms with Gasteiger partial charge in [0.05, 0.1) is 0 Å². The van der Waals surface area contributed by atoms with Crippen molar-refractivity contribution < 1.29 is 19.4 Å². The molecule has 19 heavy (non-hydrogen) atoms. The number of aromatic carboxylic acids is 1. The number of nitrogens with one attached hydrogen (secondary N) is 1. The number of aromatic nitrogens is 2. The van der Waals surface area contributed by atoms with Crippen LogP contribution in [0.15, 0.2) is 30.3 Å². The second kappa shape index (κ2) is 5.91. The van der Waals surface area contributed by atoms with Crippen LogP contribution < -0.4 is 5.32 Å². The maximum absolute atomic E-state index is 11.4. The van der Waals surface area contributed by atoms with Gasteiger partial charge in [0.15, 0.2) is 0 Å². The number of ether oxygens (including phenoxy) is 1. The highest BCUT2D eigenvalue weighted by Crippen LogP contribution is 2.11. The van der Waals surface area contributed by atoms with E-state index in [-0.39, 0.29) is 17.6 Å². The van der Waals surface area contributed by atoms with Crippen molar-refractivity contribution in [2.45, 2.75) is 6.61 Å². The third kappa shape index (κ3) is 3.75. The highest BCUT2D eigenvalue weighted by atomic mass is 32.1. The Labute approximate surface area is 112 Å². The van der Waals surface area contributed by atoms with Crippen LogP contribution in [0.2, 0.25) is 0 Å². The molecule has 1 aromatic carbocycles. The standard InChI is InChI=1S/C11H9N3O4S/c15-9(16)8-12-10(19-14-8)13-11(17)18-6-7-4-2-1-3-5-7/h1-5H,6H2,(H,15,16)(H,12,13,14,17). The number of rotatable bonds is 4. The molecule has 0 bridgehead atoms. The van der Waals surface area contributed by atoms with Crippen molar-refractivity contribution in [2.24, 2.45) is 0 Å². The molecule has 1 amide bonds. The number of carbonyl (C=O) groups excluding carboxylic acids is 1. The molecule has 0 aliphatic carbocycles. The monoisotopic (exact) mass is 279 g/mol. The van der Waals surface area contributed by atoms with Crippen molar-refractivity contribution in [3.05, 3.63) is 41.7 Å². The van der Waals surface area contributed by atoms with E-state index in [1.807, 2.05) is 30.3 Å². The summed E-state index contributed by atoms with van der Waals surface area (Å²) in [6.45, 7) is 0.122. The second-order valence-corrected chi connectivity index (χ2v) is 4.17. The molecule has 0 aliphatic heterocycles. The number of hydrogen-bond donors (Lipinski definition) is 2. The van der Waals surface area contributed by atoms with Gasteiger partial charge in [-0.2, -0.15) is 9.36 Å². The van der Waals surface area contributed by atoms with E-state index in [4.69, 9.17) is 9.84 Å². The lowest BCUT2D eigenvalue weighted by Crippen LogP contribution is -2.13. The zero-order valence-electron chi connectivity index (χ0n) is 9.57. The first-order chi connectivity index (χ1) is 9.15. The Morgan fingerprint density at radius 1 is 1.32 bits per heavy atom. The van der Waals surface area contributed by atoms with E-state index in [0.29, 0.717) is 0 Å². The molecule has 1 heterocycles. The topological polar surface area (TPSA) is 101 Å². The van der Waals surface area contributed by atoms with Gasteiger partial charge in [-0.3, -0.25) is 5.32 Å². The fourth-order valence-corrected chi connectivity index (χ4v) is 1.76. The van der Waals surface area contributed by atoms with Crippen molar-refractivity contribution in [1.82, 2.24) is 9.36 Å². The quantitative estimate of drug-likeness (QED) is 0.887. The van der Waals surface area contributed by atoms with Gasteiger partial charge in [-0.25, -0.2) is 9.59 Å². The molecule has 7 nitrogen and oxygen atoms in total. The zero-order chi connectivity index (χ0) is 13.7. The van der Waals surface area contributed by atoms with E-state index in [9.17, 15) is 9.59 Å². The molecule has 0 fully saturated rings. The average molecular weight is 279 g/mol. The van der Waals surface area contributed by atoms with Crippen LogP contribution in [0, 0.1) is 0 Å². The fourth-order valence-electron chi connectivity index (χ4n) is 1.21. The Balaban J connectivity index is 1.85. The largest absolute Gasteiger partial charge is 0.475 e. The van der Waals surface area contributed by atoms with Gasteiger partial charge in [0, 0.05) is 11.5 Å². The van der Waals surface area contributed by atoms with E-state index < -0.39 is 12.1 Å². The Morgan fingerprint density at radius 2 is 2.05 bits per heavy atom. The zero-order valence-corrected chi connectivity index (χ0v) is 10.4. The summed E-state index contributed by atoms with van der Waals surface area (Å²) in [4.78, 5) is 25.6. The number of benzene rings is 1. The van der Waals surface area contributed by atoms with Gasteiger partial charge in [-0.05, 0) is 5.56 Å². The fraction of sp³-hybridized carbons (Fsp3) is 0.0909. The van der Waals surface area contributed by atoms with Crippen molar-refractivity contribution >= 4 is 28.7 Å². The lowest BCUT2D eigenvalue weighted by Gasteiger charge is -2.04. The first-order valence-corrected chi connectivity index (χ1v) is 5.97. The smallest absolute Gasteiger partial charge is 0.413 e. The molecular weight excluding hydrogens is 270 g/mol. The molecule has 2 aromatic rings. The van der Waals surface area contributed by atoms with Gasteiger partial charge in [-0.1, -0.05) is 30.3 Å².